The Bertz CT molecular complexity index is 461. The molecular formula is C18H36O4Si. The summed E-state index contributed by atoms with van der Waals surface area (Å²) in [5, 5.41) is 21.5. The standard InChI is InChI=1S/C18H36O4Si/c1-15(2,3)22-14-17(7,20)13(19)12-10-18(12,14)11-21-23(8,9)16(4,5)6/h12-14,19-20H,10-11H2,1-9H3/t12-,13+,14+,17+,18+/m1/s1. The Morgan fingerprint density at radius 3 is 2.09 bits per heavy atom. The first-order valence-corrected chi connectivity index (χ1v) is 11.7. The van der Waals surface area contributed by atoms with Crippen LogP contribution in [0.3, 0.4) is 0 Å². The average Bonchev–Trinajstić information content (AvgIpc) is 3.02. The van der Waals surface area contributed by atoms with Crippen molar-refractivity contribution in [2.45, 2.75) is 96.4 Å². The highest BCUT2D eigenvalue weighted by Crippen LogP contribution is 2.68. The summed E-state index contributed by atoms with van der Waals surface area (Å²) >= 11 is 0. The molecule has 0 spiro atoms. The van der Waals surface area contributed by atoms with Crippen molar-refractivity contribution in [2.75, 3.05) is 6.61 Å². The summed E-state index contributed by atoms with van der Waals surface area (Å²) in [5.41, 5.74) is -1.82. The van der Waals surface area contributed by atoms with Crippen LogP contribution in [0.2, 0.25) is 18.1 Å². The summed E-state index contributed by atoms with van der Waals surface area (Å²) in [6, 6.07) is 0. The number of ether oxygens (including phenoxy) is 1. The van der Waals surface area contributed by atoms with Gasteiger partial charge in [0, 0.05) is 12.0 Å². The van der Waals surface area contributed by atoms with E-state index < -0.39 is 20.0 Å². The van der Waals surface area contributed by atoms with Crippen molar-refractivity contribution in [1.82, 2.24) is 0 Å². The molecule has 4 nitrogen and oxygen atoms in total. The molecule has 2 fully saturated rings. The van der Waals surface area contributed by atoms with E-state index in [1.165, 1.54) is 0 Å². The third-order valence-corrected chi connectivity index (χ3v) is 10.7. The van der Waals surface area contributed by atoms with Crippen molar-refractivity contribution in [2.24, 2.45) is 11.3 Å². The van der Waals surface area contributed by atoms with Gasteiger partial charge in [0.1, 0.15) is 5.60 Å². The van der Waals surface area contributed by atoms with Crippen LogP contribution >= 0.6 is 0 Å². The smallest absolute Gasteiger partial charge is 0.192 e. The predicted molar refractivity (Wildman–Crippen MR) is 94.9 cm³/mol. The summed E-state index contributed by atoms with van der Waals surface area (Å²) in [6.07, 6.45) is -0.253. The lowest BCUT2D eigenvalue weighted by atomic mass is 9.89. The van der Waals surface area contributed by atoms with Gasteiger partial charge in [0.25, 0.3) is 0 Å². The second kappa shape index (κ2) is 5.28. The van der Waals surface area contributed by atoms with Gasteiger partial charge < -0.3 is 19.4 Å². The molecule has 0 aliphatic heterocycles. The zero-order valence-corrected chi connectivity index (χ0v) is 17.4. The topological polar surface area (TPSA) is 58.9 Å². The van der Waals surface area contributed by atoms with E-state index in [2.05, 4.69) is 33.9 Å². The van der Waals surface area contributed by atoms with Crippen LogP contribution in [-0.4, -0.2) is 48.5 Å². The molecule has 0 radical (unpaired) electrons. The molecule has 0 amide bonds. The van der Waals surface area contributed by atoms with E-state index in [1.807, 2.05) is 20.8 Å². The minimum Gasteiger partial charge on any atom is -0.416 e. The van der Waals surface area contributed by atoms with Gasteiger partial charge >= 0.3 is 0 Å². The van der Waals surface area contributed by atoms with Crippen molar-refractivity contribution < 1.29 is 19.4 Å². The SMILES string of the molecule is CC(C)(C)O[C@H]1[C@@](C)(O)[C@@H](O)[C@H]2C[C@]21CO[Si](C)(C)C(C)(C)C. The maximum atomic E-state index is 10.8. The minimum absolute atomic E-state index is 0.0784. The van der Waals surface area contributed by atoms with Gasteiger partial charge in [-0.3, -0.25) is 0 Å². The Kier molecular flexibility index (Phi) is 4.45. The van der Waals surface area contributed by atoms with Crippen LogP contribution in [0.25, 0.3) is 0 Å². The number of hydrogen-bond acceptors (Lipinski definition) is 4. The van der Waals surface area contributed by atoms with Crippen LogP contribution in [-0.2, 0) is 9.16 Å². The van der Waals surface area contributed by atoms with Crippen molar-refractivity contribution in [3.05, 3.63) is 0 Å². The van der Waals surface area contributed by atoms with Crippen molar-refractivity contribution in [3.8, 4) is 0 Å². The molecule has 2 saturated carbocycles. The van der Waals surface area contributed by atoms with Gasteiger partial charge in [-0.05, 0) is 58.2 Å². The Labute approximate surface area is 142 Å². The van der Waals surface area contributed by atoms with Gasteiger partial charge in [-0.1, -0.05) is 20.8 Å². The molecule has 136 valence electrons. The number of hydrogen-bond donors (Lipinski definition) is 2. The van der Waals surface area contributed by atoms with Crippen LogP contribution in [0.4, 0.5) is 0 Å². The molecule has 5 heteroatoms. The maximum Gasteiger partial charge on any atom is 0.192 e. The normalized spacial score (nSPS) is 41.1. The summed E-state index contributed by atoms with van der Waals surface area (Å²) in [6.45, 7) is 19.4. The molecule has 2 aliphatic carbocycles. The molecule has 0 aromatic rings. The van der Waals surface area contributed by atoms with E-state index in [-0.39, 0.29) is 28.1 Å². The molecule has 2 rings (SSSR count). The van der Waals surface area contributed by atoms with E-state index in [0.29, 0.717) is 6.61 Å². The monoisotopic (exact) mass is 344 g/mol. The Morgan fingerprint density at radius 2 is 1.65 bits per heavy atom. The molecule has 0 saturated heterocycles. The highest BCUT2D eigenvalue weighted by molar-refractivity contribution is 6.74. The predicted octanol–water partition coefficient (Wildman–Crippen LogP) is 3.32. The van der Waals surface area contributed by atoms with Crippen molar-refractivity contribution >= 4 is 8.32 Å². The third-order valence-electron chi connectivity index (χ3n) is 6.19. The molecule has 5 atom stereocenters. The van der Waals surface area contributed by atoms with Crippen LogP contribution in [0, 0.1) is 11.3 Å². The molecule has 0 unspecified atom stereocenters. The lowest BCUT2D eigenvalue weighted by Gasteiger charge is -2.41. The summed E-state index contributed by atoms with van der Waals surface area (Å²) in [4.78, 5) is 0. The lowest BCUT2D eigenvalue weighted by Crippen LogP contribution is -2.53. The quantitative estimate of drug-likeness (QED) is 0.768. The van der Waals surface area contributed by atoms with E-state index in [4.69, 9.17) is 9.16 Å². The van der Waals surface area contributed by atoms with Crippen LogP contribution in [0.1, 0.15) is 54.9 Å². The number of fused-ring (bicyclic) bond motifs is 1. The zero-order chi connectivity index (χ0) is 18.1. The zero-order valence-electron chi connectivity index (χ0n) is 16.4. The average molecular weight is 345 g/mol. The molecule has 0 aromatic heterocycles. The molecule has 0 bridgehead atoms. The van der Waals surface area contributed by atoms with E-state index in [0.717, 1.165) is 6.42 Å². The lowest BCUT2D eigenvalue weighted by molar-refractivity contribution is -0.190. The van der Waals surface area contributed by atoms with E-state index in [1.54, 1.807) is 6.92 Å². The van der Waals surface area contributed by atoms with Gasteiger partial charge in [-0.2, -0.15) is 0 Å². The third kappa shape index (κ3) is 3.27. The van der Waals surface area contributed by atoms with Gasteiger partial charge in [-0.25, -0.2) is 0 Å². The molecule has 0 heterocycles. The molecular weight excluding hydrogens is 308 g/mol. The molecule has 0 aromatic carbocycles. The first-order valence-electron chi connectivity index (χ1n) is 8.77. The second-order valence-electron chi connectivity index (χ2n) is 10.4. The molecule has 2 aliphatic rings. The first-order chi connectivity index (χ1) is 10.0. The maximum absolute atomic E-state index is 10.8. The second-order valence-corrected chi connectivity index (χ2v) is 15.2. The highest BCUT2D eigenvalue weighted by Gasteiger charge is 2.76. The Balaban J connectivity index is 2.20. The minimum atomic E-state index is -1.87. The first kappa shape index (κ1) is 19.4. The largest absolute Gasteiger partial charge is 0.416 e. The van der Waals surface area contributed by atoms with E-state index >= 15 is 0 Å². The fourth-order valence-electron chi connectivity index (χ4n) is 3.59. The van der Waals surface area contributed by atoms with Crippen molar-refractivity contribution in [3.63, 3.8) is 0 Å². The van der Waals surface area contributed by atoms with Crippen LogP contribution in [0.5, 0.6) is 0 Å². The Hall–Kier alpha value is 0.0569. The summed E-state index contributed by atoms with van der Waals surface area (Å²) < 4.78 is 12.7. The number of rotatable bonds is 4. The summed E-state index contributed by atoms with van der Waals surface area (Å²) in [5.74, 6) is 0.0784. The van der Waals surface area contributed by atoms with E-state index in [9.17, 15) is 10.2 Å². The van der Waals surface area contributed by atoms with Gasteiger partial charge in [0.05, 0.1) is 17.8 Å². The summed E-state index contributed by atoms with van der Waals surface area (Å²) in [7, 11) is -1.87. The van der Waals surface area contributed by atoms with Crippen LogP contribution < -0.4 is 0 Å². The fourth-order valence-corrected chi connectivity index (χ4v) is 4.65. The number of aliphatic hydroxyl groups excluding tert-OH is 1. The highest BCUT2D eigenvalue weighted by atomic mass is 28.4. The number of aliphatic hydroxyl groups is 2. The van der Waals surface area contributed by atoms with Gasteiger partial charge in [0.15, 0.2) is 8.32 Å². The fraction of sp³-hybridized carbons (Fsp3) is 1.00. The Morgan fingerprint density at radius 1 is 1.13 bits per heavy atom. The van der Waals surface area contributed by atoms with Crippen LogP contribution in [0.15, 0.2) is 0 Å². The molecule has 2 N–H and O–H groups in total. The van der Waals surface area contributed by atoms with Crippen molar-refractivity contribution in [1.29, 1.82) is 0 Å². The van der Waals surface area contributed by atoms with Gasteiger partial charge in [0.2, 0.25) is 0 Å². The molecule has 23 heavy (non-hydrogen) atoms. The van der Waals surface area contributed by atoms with Gasteiger partial charge in [-0.15, -0.1) is 0 Å².